The molecule has 3 nitrogen and oxygen atoms in total. The first-order valence-electron chi connectivity index (χ1n) is 4.18. The van der Waals surface area contributed by atoms with Gasteiger partial charge in [0.25, 0.3) is 6.43 Å². The third-order valence-electron chi connectivity index (χ3n) is 2.01. The first-order valence-corrected chi connectivity index (χ1v) is 4.18. The molecule has 0 spiro atoms. The number of hydrogen-bond donors (Lipinski definition) is 2. The Kier molecular flexibility index (Phi) is 3.49. The smallest absolute Gasteiger partial charge is 0.280 e. The molecule has 1 aromatic rings. The van der Waals surface area contributed by atoms with Gasteiger partial charge in [0.05, 0.1) is 12.3 Å². The summed E-state index contributed by atoms with van der Waals surface area (Å²) in [7, 11) is 0. The van der Waals surface area contributed by atoms with Gasteiger partial charge in [0.2, 0.25) is 0 Å². The van der Waals surface area contributed by atoms with Crippen LogP contribution in [0.2, 0.25) is 0 Å². The minimum atomic E-state index is -2.65. The van der Waals surface area contributed by atoms with Crippen LogP contribution in [0.1, 0.15) is 28.9 Å². The summed E-state index contributed by atoms with van der Waals surface area (Å²) in [6.45, 7) is 1.37. The van der Waals surface area contributed by atoms with E-state index >= 15 is 0 Å². The summed E-state index contributed by atoms with van der Waals surface area (Å²) in [5.41, 5.74) is 6.27. The molecule has 0 aromatic carbocycles. The number of aryl methyl sites for hydroxylation is 1. The molecule has 3 N–H and O–H groups in total. The molecule has 0 radical (unpaired) electrons. The molecule has 0 saturated heterocycles. The van der Waals surface area contributed by atoms with E-state index < -0.39 is 6.43 Å². The van der Waals surface area contributed by atoms with Crippen molar-refractivity contribution in [3.8, 4) is 0 Å². The maximum absolute atomic E-state index is 12.5. The number of hydrogen-bond acceptors (Lipinski definition) is 3. The van der Waals surface area contributed by atoms with Crippen LogP contribution in [0.5, 0.6) is 0 Å². The summed E-state index contributed by atoms with van der Waals surface area (Å²) in [6.07, 6.45) is -2.65. The monoisotopic (exact) mass is 202 g/mol. The Balaban J connectivity index is 3.28. The Labute approximate surface area is 80.6 Å². The molecule has 1 heterocycles. The van der Waals surface area contributed by atoms with Crippen molar-refractivity contribution < 1.29 is 13.9 Å². The minimum absolute atomic E-state index is 0.0320. The van der Waals surface area contributed by atoms with Crippen molar-refractivity contribution in [3.63, 3.8) is 0 Å². The van der Waals surface area contributed by atoms with E-state index in [9.17, 15) is 8.78 Å². The highest BCUT2D eigenvalue weighted by atomic mass is 19.3. The normalized spacial score (nSPS) is 11.0. The van der Waals surface area contributed by atoms with Gasteiger partial charge in [-0.2, -0.15) is 0 Å². The zero-order valence-electron chi connectivity index (χ0n) is 7.80. The second kappa shape index (κ2) is 4.43. The first kappa shape index (κ1) is 11.0. The number of rotatable bonds is 3. The Bertz CT molecular complexity index is 329. The third-order valence-corrected chi connectivity index (χ3v) is 2.01. The number of alkyl halides is 2. The fraction of sp³-hybridized carbons (Fsp3) is 0.444. The van der Waals surface area contributed by atoms with Crippen LogP contribution in [0.4, 0.5) is 8.78 Å². The van der Waals surface area contributed by atoms with E-state index in [1.807, 2.05) is 0 Å². The summed E-state index contributed by atoms with van der Waals surface area (Å²) in [6, 6.07) is 1.56. The van der Waals surface area contributed by atoms with Gasteiger partial charge < -0.3 is 10.8 Å². The summed E-state index contributed by atoms with van der Waals surface area (Å²) in [4.78, 5) is 3.64. The predicted molar refractivity (Wildman–Crippen MR) is 47.7 cm³/mol. The minimum Gasteiger partial charge on any atom is -0.390 e. The van der Waals surface area contributed by atoms with Crippen molar-refractivity contribution in [3.05, 3.63) is 28.6 Å². The molecule has 1 aromatic heterocycles. The van der Waals surface area contributed by atoms with Crippen LogP contribution < -0.4 is 5.73 Å². The van der Waals surface area contributed by atoms with Gasteiger partial charge >= 0.3 is 0 Å². The standard InChI is InChI=1S/C9H12F2N2O/c1-5-2-6(4-14)13-8(9(10)11)7(5)3-12/h2,9,14H,3-4,12H2,1H3. The van der Waals surface area contributed by atoms with Gasteiger partial charge in [-0.05, 0) is 24.1 Å². The van der Waals surface area contributed by atoms with Gasteiger partial charge in [0, 0.05) is 6.54 Å². The van der Waals surface area contributed by atoms with E-state index in [1.165, 1.54) is 0 Å². The maximum Gasteiger partial charge on any atom is 0.280 e. The molecule has 1 rings (SSSR count). The lowest BCUT2D eigenvalue weighted by atomic mass is 10.1. The van der Waals surface area contributed by atoms with Crippen LogP contribution in [0.25, 0.3) is 0 Å². The van der Waals surface area contributed by atoms with Gasteiger partial charge in [-0.15, -0.1) is 0 Å². The van der Waals surface area contributed by atoms with Crippen molar-refractivity contribution >= 4 is 0 Å². The van der Waals surface area contributed by atoms with Crippen LogP contribution in [0, 0.1) is 6.92 Å². The Morgan fingerprint density at radius 1 is 1.57 bits per heavy atom. The van der Waals surface area contributed by atoms with E-state index in [4.69, 9.17) is 10.8 Å². The third kappa shape index (κ3) is 2.05. The van der Waals surface area contributed by atoms with Gasteiger partial charge in [-0.25, -0.2) is 13.8 Å². The van der Waals surface area contributed by atoms with Crippen LogP contribution in [-0.4, -0.2) is 10.1 Å². The lowest BCUT2D eigenvalue weighted by molar-refractivity contribution is 0.143. The highest BCUT2D eigenvalue weighted by Gasteiger charge is 2.16. The van der Waals surface area contributed by atoms with E-state index in [-0.39, 0.29) is 24.5 Å². The molecule has 0 bridgehead atoms. The molecule has 0 aliphatic heterocycles. The molecule has 78 valence electrons. The van der Waals surface area contributed by atoms with Crippen LogP contribution in [-0.2, 0) is 13.2 Å². The lowest BCUT2D eigenvalue weighted by Gasteiger charge is -2.10. The Morgan fingerprint density at radius 3 is 2.64 bits per heavy atom. The molecule has 0 aliphatic carbocycles. The Hall–Kier alpha value is -1.07. The second-order valence-corrected chi connectivity index (χ2v) is 2.96. The number of aliphatic hydroxyl groups is 1. The molecule has 0 aliphatic rings. The average molecular weight is 202 g/mol. The molecule has 5 heteroatoms. The SMILES string of the molecule is Cc1cc(CO)nc(C(F)F)c1CN. The van der Waals surface area contributed by atoms with Crippen LogP contribution >= 0.6 is 0 Å². The molecule has 0 amide bonds. The van der Waals surface area contributed by atoms with Crippen molar-refractivity contribution in [2.24, 2.45) is 5.73 Å². The predicted octanol–water partition coefficient (Wildman–Crippen LogP) is 1.28. The summed E-state index contributed by atoms with van der Waals surface area (Å²) in [5.74, 6) is 0. The van der Waals surface area contributed by atoms with E-state index in [0.717, 1.165) is 0 Å². The molecular weight excluding hydrogens is 190 g/mol. The fourth-order valence-corrected chi connectivity index (χ4v) is 1.32. The number of nitrogens with zero attached hydrogens (tertiary/aromatic N) is 1. The number of pyridine rings is 1. The summed E-state index contributed by atoms with van der Waals surface area (Å²) < 4.78 is 25.0. The molecule has 0 atom stereocenters. The van der Waals surface area contributed by atoms with Crippen molar-refractivity contribution in [2.75, 3.05) is 0 Å². The highest BCUT2D eigenvalue weighted by molar-refractivity contribution is 5.32. The van der Waals surface area contributed by atoms with Gasteiger partial charge in [0.15, 0.2) is 0 Å². The molecule has 0 unspecified atom stereocenters. The first-order chi connectivity index (χ1) is 6.60. The van der Waals surface area contributed by atoms with Crippen molar-refractivity contribution in [1.82, 2.24) is 4.98 Å². The zero-order chi connectivity index (χ0) is 10.7. The molecule has 0 fully saturated rings. The number of aromatic nitrogens is 1. The number of halogens is 2. The van der Waals surface area contributed by atoms with Crippen LogP contribution in [0.15, 0.2) is 6.07 Å². The van der Waals surface area contributed by atoms with Gasteiger partial charge in [0.1, 0.15) is 5.69 Å². The Morgan fingerprint density at radius 2 is 2.21 bits per heavy atom. The van der Waals surface area contributed by atoms with Gasteiger partial charge in [-0.3, -0.25) is 0 Å². The molecular formula is C9H12F2N2O. The molecule has 14 heavy (non-hydrogen) atoms. The highest BCUT2D eigenvalue weighted by Crippen LogP contribution is 2.23. The summed E-state index contributed by atoms with van der Waals surface area (Å²) in [5, 5.41) is 8.79. The van der Waals surface area contributed by atoms with E-state index in [2.05, 4.69) is 4.98 Å². The number of nitrogens with two attached hydrogens (primary N) is 1. The average Bonchev–Trinajstić information content (AvgIpc) is 2.16. The van der Waals surface area contributed by atoms with Gasteiger partial charge in [-0.1, -0.05) is 0 Å². The topological polar surface area (TPSA) is 59.1 Å². The van der Waals surface area contributed by atoms with Crippen LogP contribution in [0.3, 0.4) is 0 Å². The van der Waals surface area contributed by atoms with Crippen molar-refractivity contribution in [2.45, 2.75) is 26.5 Å². The van der Waals surface area contributed by atoms with E-state index in [0.29, 0.717) is 11.1 Å². The van der Waals surface area contributed by atoms with Crippen molar-refractivity contribution in [1.29, 1.82) is 0 Å². The quantitative estimate of drug-likeness (QED) is 0.776. The second-order valence-electron chi connectivity index (χ2n) is 2.96. The van der Waals surface area contributed by atoms with E-state index in [1.54, 1.807) is 13.0 Å². The lowest BCUT2D eigenvalue weighted by Crippen LogP contribution is -2.09. The number of aliphatic hydroxyl groups excluding tert-OH is 1. The zero-order valence-corrected chi connectivity index (χ0v) is 7.80. The fourth-order valence-electron chi connectivity index (χ4n) is 1.32. The maximum atomic E-state index is 12.5. The largest absolute Gasteiger partial charge is 0.390 e. The molecule has 0 saturated carbocycles. The summed E-state index contributed by atoms with van der Waals surface area (Å²) >= 11 is 0.